The number of nitrogens with one attached hydrogen (secondary N) is 2. The molecule has 2 N–H and O–H groups in total. The summed E-state index contributed by atoms with van der Waals surface area (Å²) in [6.07, 6.45) is 12.2. The summed E-state index contributed by atoms with van der Waals surface area (Å²) in [5.74, 6) is 2.40. The molecule has 5 nitrogen and oxygen atoms in total. The van der Waals surface area contributed by atoms with E-state index in [4.69, 9.17) is 4.98 Å². The zero-order chi connectivity index (χ0) is 24.2. The van der Waals surface area contributed by atoms with Gasteiger partial charge in [-0.2, -0.15) is 0 Å². The van der Waals surface area contributed by atoms with Crippen LogP contribution in [0.15, 0.2) is 49.3 Å². The first-order valence-corrected chi connectivity index (χ1v) is 13.8. The molecule has 5 rings (SSSR count). The van der Waals surface area contributed by atoms with Crippen molar-refractivity contribution in [1.29, 1.82) is 0 Å². The molecule has 188 valence electrons. The Labute approximate surface area is 211 Å². The van der Waals surface area contributed by atoms with Crippen LogP contribution in [0, 0.1) is 11.8 Å². The van der Waals surface area contributed by atoms with Gasteiger partial charge in [-0.05, 0) is 48.6 Å². The van der Waals surface area contributed by atoms with E-state index < -0.39 is 0 Å². The summed E-state index contributed by atoms with van der Waals surface area (Å²) < 4.78 is 2.33. The van der Waals surface area contributed by atoms with Crippen molar-refractivity contribution >= 4 is 5.70 Å². The van der Waals surface area contributed by atoms with Crippen molar-refractivity contribution in [3.05, 3.63) is 72.0 Å². The monoisotopic (exact) mass is 473 g/mol. The molecule has 3 aliphatic rings. The Morgan fingerprint density at radius 2 is 1.89 bits per heavy atom. The fourth-order valence-corrected chi connectivity index (χ4v) is 6.14. The Morgan fingerprint density at radius 1 is 1.09 bits per heavy atom. The lowest BCUT2D eigenvalue weighted by atomic mass is 9.87. The van der Waals surface area contributed by atoms with Crippen LogP contribution in [0.4, 0.5) is 0 Å². The van der Waals surface area contributed by atoms with Crippen molar-refractivity contribution in [3.63, 3.8) is 0 Å². The summed E-state index contributed by atoms with van der Waals surface area (Å²) in [5.41, 5.74) is 6.20. The summed E-state index contributed by atoms with van der Waals surface area (Å²) in [6.45, 7) is 16.2. The maximum atomic E-state index is 4.91. The van der Waals surface area contributed by atoms with Crippen LogP contribution in [0.2, 0.25) is 0 Å². The number of rotatable bonds is 9. The molecule has 0 bridgehead atoms. The van der Waals surface area contributed by atoms with Gasteiger partial charge in [0.2, 0.25) is 0 Å². The van der Waals surface area contributed by atoms with Crippen LogP contribution in [-0.4, -0.2) is 40.1 Å². The van der Waals surface area contributed by atoms with E-state index in [1.54, 1.807) is 0 Å². The van der Waals surface area contributed by atoms with Crippen molar-refractivity contribution in [1.82, 2.24) is 25.1 Å². The van der Waals surface area contributed by atoms with Gasteiger partial charge in [-0.1, -0.05) is 63.6 Å². The minimum atomic E-state index is 0.454. The fraction of sp³-hybridized carbons (Fsp3) is 0.567. The number of imidazole rings is 1. The molecular weight excluding hydrogens is 430 g/mol. The third-order valence-electron chi connectivity index (χ3n) is 8.23. The van der Waals surface area contributed by atoms with Crippen LogP contribution < -0.4 is 10.6 Å². The Morgan fingerprint density at radius 3 is 2.71 bits per heavy atom. The molecule has 5 heteroatoms. The van der Waals surface area contributed by atoms with Gasteiger partial charge in [-0.3, -0.25) is 4.90 Å². The van der Waals surface area contributed by atoms with Crippen LogP contribution in [-0.2, 0) is 25.9 Å². The molecule has 1 saturated carbocycles. The van der Waals surface area contributed by atoms with E-state index in [0.29, 0.717) is 17.9 Å². The predicted molar refractivity (Wildman–Crippen MR) is 145 cm³/mol. The molecular formula is C30H43N5. The first kappa shape index (κ1) is 24.2. The maximum Gasteiger partial charge on any atom is 0.109 e. The molecule has 2 aromatic rings. The van der Waals surface area contributed by atoms with Crippen LogP contribution in [0.1, 0.15) is 68.1 Å². The quantitative estimate of drug-likeness (QED) is 0.530. The zero-order valence-corrected chi connectivity index (χ0v) is 21.6. The number of hydrogen-bond donors (Lipinski definition) is 2. The molecule has 35 heavy (non-hydrogen) atoms. The minimum absolute atomic E-state index is 0.454. The molecule has 1 aromatic heterocycles. The summed E-state index contributed by atoms with van der Waals surface area (Å²) in [4.78, 5) is 7.50. The van der Waals surface area contributed by atoms with E-state index >= 15 is 0 Å². The number of aryl methyl sites for hydroxylation is 1. The topological polar surface area (TPSA) is 45.1 Å². The largest absolute Gasteiger partial charge is 0.384 e. The smallest absolute Gasteiger partial charge is 0.109 e. The predicted octanol–water partition coefficient (Wildman–Crippen LogP) is 5.14. The normalized spacial score (nSPS) is 21.6. The number of benzene rings is 1. The van der Waals surface area contributed by atoms with Crippen molar-refractivity contribution in [2.45, 2.75) is 77.4 Å². The third-order valence-corrected chi connectivity index (χ3v) is 8.23. The van der Waals surface area contributed by atoms with E-state index in [0.717, 1.165) is 63.4 Å². The lowest BCUT2D eigenvalue weighted by Gasteiger charge is -2.31. The Bertz CT molecular complexity index is 1030. The van der Waals surface area contributed by atoms with Crippen LogP contribution in [0.5, 0.6) is 0 Å². The van der Waals surface area contributed by atoms with Crippen molar-refractivity contribution < 1.29 is 0 Å². The SMILES string of the molecule is C=C(NCC(C)CN1CCc2ccccc2C1)c1cn2c(n1)CCC(NC(=C)C1CCCCC1)C2. The van der Waals surface area contributed by atoms with E-state index in [1.807, 2.05) is 0 Å². The van der Waals surface area contributed by atoms with Crippen LogP contribution >= 0.6 is 0 Å². The summed E-state index contributed by atoms with van der Waals surface area (Å²) in [7, 11) is 0. The van der Waals surface area contributed by atoms with Gasteiger partial charge in [0.05, 0.1) is 5.70 Å². The third kappa shape index (κ3) is 6.00. The molecule has 1 aromatic carbocycles. The number of hydrogen-bond acceptors (Lipinski definition) is 4. The maximum absolute atomic E-state index is 4.91. The molecule has 2 atom stereocenters. The Hall–Kier alpha value is -2.53. The summed E-state index contributed by atoms with van der Waals surface area (Å²) in [5, 5.41) is 7.34. The molecule has 2 unspecified atom stereocenters. The first-order chi connectivity index (χ1) is 17.0. The van der Waals surface area contributed by atoms with E-state index in [9.17, 15) is 0 Å². The van der Waals surface area contributed by atoms with Gasteiger partial charge in [0.15, 0.2) is 0 Å². The average Bonchev–Trinajstić information content (AvgIpc) is 3.31. The van der Waals surface area contributed by atoms with Gasteiger partial charge in [0.1, 0.15) is 11.5 Å². The standard InChI is InChI=1S/C30H43N5/c1-22(18-34-16-15-26-11-7-8-12-27(26)19-34)17-31-24(3)29-21-35-20-28(13-14-30(35)33-29)32-23(2)25-9-5-4-6-10-25/h7-8,11-12,21-22,25,28,31-32H,2-6,9-10,13-20H2,1H3. The van der Waals surface area contributed by atoms with Gasteiger partial charge in [-0.15, -0.1) is 0 Å². The highest BCUT2D eigenvalue weighted by molar-refractivity contribution is 5.57. The number of nitrogens with zero attached hydrogens (tertiary/aromatic N) is 3. The number of allylic oxidation sites excluding steroid dienone is 1. The molecule has 0 spiro atoms. The van der Waals surface area contributed by atoms with E-state index in [-0.39, 0.29) is 0 Å². The minimum Gasteiger partial charge on any atom is -0.384 e. The summed E-state index contributed by atoms with van der Waals surface area (Å²) >= 11 is 0. The second-order valence-electron chi connectivity index (χ2n) is 11.2. The summed E-state index contributed by atoms with van der Waals surface area (Å²) in [6, 6.07) is 9.32. The highest BCUT2D eigenvalue weighted by atomic mass is 15.1. The van der Waals surface area contributed by atoms with Gasteiger partial charge in [-0.25, -0.2) is 4.98 Å². The fourth-order valence-electron chi connectivity index (χ4n) is 6.14. The lowest BCUT2D eigenvalue weighted by Crippen LogP contribution is -2.38. The number of fused-ring (bicyclic) bond motifs is 2. The van der Waals surface area contributed by atoms with Gasteiger partial charge in [0.25, 0.3) is 0 Å². The van der Waals surface area contributed by atoms with Crippen molar-refractivity contribution in [3.8, 4) is 0 Å². The van der Waals surface area contributed by atoms with Crippen LogP contribution in [0.25, 0.3) is 5.70 Å². The van der Waals surface area contributed by atoms with E-state index in [2.05, 4.69) is 70.6 Å². The van der Waals surface area contributed by atoms with Gasteiger partial charge in [0, 0.05) is 57.1 Å². The van der Waals surface area contributed by atoms with Crippen molar-refractivity contribution in [2.75, 3.05) is 19.6 Å². The molecule has 1 fully saturated rings. The van der Waals surface area contributed by atoms with Crippen molar-refractivity contribution in [2.24, 2.45) is 11.8 Å². The highest BCUT2D eigenvalue weighted by Crippen LogP contribution is 2.29. The average molecular weight is 474 g/mol. The first-order valence-electron chi connectivity index (χ1n) is 13.8. The molecule has 0 saturated heterocycles. The molecule has 1 aliphatic carbocycles. The van der Waals surface area contributed by atoms with Gasteiger partial charge >= 0.3 is 0 Å². The second-order valence-corrected chi connectivity index (χ2v) is 11.2. The Kier molecular flexibility index (Phi) is 7.62. The molecule has 3 heterocycles. The number of aromatic nitrogens is 2. The second kappa shape index (κ2) is 11.0. The zero-order valence-electron chi connectivity index (χ0n) is 21.6. The molecule has 2 aliphatic heterocycles. The highest BCUT2D eigenvalue weighted by Gasteiger charge is 2.24. The van der Waals surface area contributed by atoms with Gasteiger partial charge < -0.3 is 15.2 Å². The Balaban J connectivity index is 1.08. The lowest BCUT2D eigenvalue weighted by molar-refractivity contribution is 0.220. The molecule has 0 amide bonds. The van der Waals surface area contributed by atoms with E-state index in [1.165, 1.54) is 54.8 Å². The van der Waals surface area contributed by atoms with Crippen LogP contribution in [0.3, 0.4) is 0 Å². The molecule has 0 radical (unpaired) electrons.